The third kappa shape index (κ3) is 4.99. The van der Waals surface area contributed by atoms with E-state index in [0.717, 1.165) is 11.1 Å². The smallest absolute Gasteiger partial charge is 0.189 e. The summed E-state index contributed by atoms with van der Waals surface area (Å²) in [5, 5.41) is 19.9. The second-order valence-electron chi connectivity index (χ2n) is 6.15. The number of benzene rings is 2. The summed E-state index contributed by atoms with van der Waals surface area (Å²) in [4.78, 5) is 12.5. The number of aromatic hydroxyl groups is 2. The highest BCUT2D eigenvalue weighted by Crippen LogP contribution is 2.33. The van der Waals surface area contributed by atoms with E-state index >= 15 is 0 Å². The monoisotopic (exact) mass is 352 g/mol. The highest BCUT2D eigenvalue weighted by molar-refractivity contribution is 6.09. The predicted octanol–water partition coefficient (Wildman–Crippen LogP) is 4.90. The minimum atomic E-state index is -0.294. The maximum Gasteiger partial charge on any atom is 0.189 e. The Hall–Kier alpha value is -3.01. The second-order valence-corrected chi connectivity index (χ2v) is 6.15. The molecule has 0 aliphatic carbocycles. The van der Waals surface area contributed by atoms with Crippen LogP contribution in [0.3, 0.4) is 0 Å². The first-order valence-electron chi connectivity index (χ1n) is 8.54. The summed E-state index contributed by atoms with van der Waals surface area (Å²) < 4.78 is 5.58. The van der Waals surface area contributed by atoms with E-state index < -0.39 is 0 Å². The van der Waals surface area contributed by atoms with E-state index in [1.54, 1.807) is 42.5 Å². The van der Waals surface area contributed by atoms with Crippen molar-refractivity contribution in [3.05, 3.63) is 70.8 Å². The van der Waals surface area contributed by atoms with Gasteiger partial charge in [-0.05, 0) is 63.1 Å². The van der Waals surface area contributed by atoms with Gasteiger partial charge in [0, 0.05) is 5.56 Å². The molecule has 0 spiro atoms. The fourth-order valence-electron chi connectivity index (χ4n) is 2.46. The van der Waals surface area contributed by atoms with Crippen molar-refractivity contribution in [3.8, 4) is 17.2 Å². The number of hydrogen-bond donors (Lipinski definition) is 2. The van der Waals surface area contributed by atoms with E-state index in [1.807, 2.05) is 26.8 Å². The third-order valence-electron chi connectivity index (χ3n) is 3.84. The van der Waals surface area contributed by atoms with Crippen molar-refractivity contribution >= 4 is 11.9 Å². The minimum Gasteiger partial charge on any atom is -0.508 e. The van der Waals surface area contributed by atoms with Crippen molar-refractivity contribution < 1.29 is 19.7 Å². The molecule has 4 heteroatoms. The minimum absolute atomic E-state index is 0.0474. The van der Waals surface area contributed by atoms with Crippen molar-refractivity contribution in [3.63, 3.8) is 0 Å². The second kappa shape index (κ2) is 8.90. The lowest BCUT2D eigenvalue weighted by molar-refractivity contribution is 0.104. The van der Waals surface area contributed by atoms with Gasteiger partial charge >= 0.3 is 0 Å². The highest BCUT2D eigenvalue weighted by atomic mass is 16.5. The molecule has 2 aromatic rings. The molecule has 0 aromatic heterocycles. The number of ether oxygens (including phenoxy) is 1. The quantitative estimate of drug-likeness (QED) is 0.422. The van der Waals surface area contributed by atoms with Gasteiger partial charge in [0.1, 0.15) is 17.2 Å². The van der Waals surface area contributed by atoms with Crippen molar-refractivity contribution in [1.29, 1.82) is 0 Å². The van der Waals surface area contributed by atoms with Gasteiger partial charge in [-0.25, -0.2) is 0 Å². The molecule has 0 radical (unpaired) electrons. The lowest BCUT2D eigenvalue weighted by Gasteiger charge is -2.13. The van der Waals surface area contributed by atoms with Crippen LogP contribution < -0.4 is 4.74 Å². The summed E-state index contributed by atoms with van der Waals surface area (Å²) in [7, 11) is 0. The zero-order valence-corrected chi connectivity index (χ0v) is 15.3. The lowest BCUT2D eigenvalue weighted by atomic mass is 10.0. The maximum absolute atomic E-state index is 12.5. The standard InChI is InChI=1S/C22H24O4/c1-4-26-21-14-12-18(22(25)19(21)11-5-15(2)3)20(24)13-8-16-6-9-17(23)10-7-16/h5-10,12-14,23,25H,4,11H2,1-3H3. The molecule has 0 saturated heterocycles. The van der Waals surface area contributed by atoms with E-state index in [9.17, 15) is 15.0 Å². The molecule has 26 heavy (non-hydrogen) atoms. The van der Waals surface area contributed by atoms with Gasteiger partial charge in [-0.1, -0.05) is 29.9 Å². The van der Waals surface area contributed by atoms with Crippen LogP contribution in [0.25, 0.3) is 6.08 Å². The molecule has 0 fully saturated rings. The Kier molecular flexibility index (Phi) is 6.61. The van der Waals surface area contributed by atoms with E-state index in [0.29, 0.717) is 24.3 Å². The summed E-state index contributed by atoms with van der Waals surface area (Å²) in [6.07, 6.45) is 5.53. The first-order valence-corrected chi connectivity index (χ1v) is 8.54. The third-order valence-corrected chi connectivity index (χ3v) is 3.84. The van der Waals surface area contributed by atoms with Crippen LogP contribution in [0.2, 0.25) is 0 Å². The molecule has 0 heterocycles. The first kappa shape index (κ1) is 19.3. The number of allylic oxidation sites excluding steroid dienone is 3. The molecule has 0 atom stereocenters. The Morgan fingerprint density at radius 1 is 1.08 bits per heavy atom. The van der Waals surface area contributed by atoms with Gasteiger partial charge in [-0.15, -0.1) is 0 Å². The molecule has 2 N–H and O–H groups in total. The van der Waals surface area contributed by atoms with Gasteiger partial charge in [-0.2, -0.15) is 0 Å². The fourth-order valence-corrected chi connectivity index (χ4v) is 2.46. The molecule has 2 rings (SSSR count). The van der Waals surface area contributed by atoms with Gasteiger partial charge in [0.2, 0.25) is 0 Å². The number of carbonyl (C=O) groups excluding carboxylic acids is 1. The lowest BCUT2D eigenvalue weighted by Crippen LogP contribution is -2.02. The van der Waals surface area contributed by atoms with Crippen molar-refractivity contribution in [1.82, 2.24) is 0 Å². The maximum atomic E-state index is 12.5. The average molecular weight is 352 g/mol. The summed E-state index contributed by atoms with van der Waals surface area (Å²) >= 11 is 0. The van der Waals surface area contributed by atoms with E-state index in [1.165, 1.54) is 6.08 Å². The number of carbonyl (C=O) groups is 1. The zero-order chi connectivity index (χ0) is 19.1. The van der Waals surface area contributed by atoms with Gasteiger partial charge in [0.15, 0.2) is 5.78 Å². The van der Waals surface area contributed by atoms with Crippen LogP contribution in [-0.2, 0) is 6.42 Å². The molecule has 136 valence electrons. The van der Waals surface area contributed by atoms with E-state index in [2.05, 4.69) is 0 Å². The molecule has 2 aromatic carbocycles. The van der Waals surface area contributed by atoms with Crippen LogP contribution in [0.15, 0.2) is 54.1 Å². The predicted molar refractivity (Wildman–Crippen MR) is 104 cm³/mol. The van der Waals surface area contributed by atoms with E-state index in [-0.39, 0.29) is 22.8 Å². The van der Waals surface area contributed by atoms with Gasteiger partial charge < -0.3 is 14.9 Å². The fraction of sp³-hybridized carbons (Fsp3) is 0.227. The summed E-state index contributed by atoms with van der Waals surface area (Å²) in [6, 6.07) is 9.82. The largest absolute Gasteiger partial charge is 0.508 e. The Morgan fingerprint density at radius 2 is 1.77 bits per heavy atom. The van der Waals surface area contributed by atoms with Gasteiger partial charge in [0.05, 0.1) is 12.2 Å². The average Bonchev–Trinajstić information content (AvgIpc) is 2.60. The Balaban J connectivity index is 2.32. The zero-order valence-electron chi connectivity index (χ0n) is 15.3. The van der Waals surface area contributed by atoms with Crippen molar-refractivity contribution in [2.75, 3.05) is 6.61 Å². The number of rotatable bonds is 7. The molecule has 0 bridgehead atoms. The Bertz CT molecular complexity index is 826. The molecule has 4 nitrogen and oxygen atoms in total. The SMILES string of the molecule is CCOc1ccc(C(=O)C=Cc2ccc(O)cc2)c(O)c1CC=C(C)C. The Morgan fingerprint density at radius 3 is 2.38 bits per heavy atom. The molecular weight excluding hydrogens is 328 g/mol. The molecule has 0 unspecified atom stereocenters. The summed E-state index contributed by atoms with van der Waals surface area (Å²) in [5.41, 5.74) is 2.75. The van der Waals surface area contributed by atoms with Crippen molar-refractivity contribution in [2.45, 2.75) is 27.2 Å². The van der Waals surface area contributed by atoms with Gasteiger partial charge in [0.25, 0.3) is 0 Å². The molecular formula is C22H24O4. The number of phenolic OH excluding ortho intramolecular Hbond substituents is 2. The molecule has 0 aliphatic heterocycles. The van der Waals surface area contributed by atoms with Crippen LogP contribution >= 0.6 is 0 Å². The van der Waals surface area contributed by atoms with Crippen LogP contribution in [0.4, 0.5) is 0 Å². The van der Waals surface area contributed by atoms with Crippen LogP contribution in [0, 0.1) is 0 Å². The van der Waals surface area contributed by atoms with Crippen molar-refractivity contribution in [2.24, 2.45) is 0 Å². The van der Waals surface area contributed by atoms with Gasteiger partial charge in [-0.3, -0.25) is 4.79 Å². The Labute approximate surface area is 154 Å². The van der Waals surface area contributed by atoms with E-state index in [4.69, 9.17) is 4.74 Å². The molecule has 0 aliphatic rings. The highest BCUT2D eigenvalue weighted by Gasteiger charge is 2.16. The number of hydrogen-bond acceptors (Lipinski definition) is 4. The van der Waals surface area contributed by atoms with Crippen LogP contribution in [-0.4, -0.2) is 22.6 Å². The number of ketones is 1. The number of phenols is 2. The summed E-state index contributed by atoms with van der Waals surface area (Å²) in [6.45, 7) is 6.32. The summed E-state index contributed by atoms with van der Waals surface area (Å²) in [5.74, 6) is 0.411. The molecule has 0 amide bonds. The van der Waals surface area contributed by atoms with Crippen LogP contribution in [0.5, 0.6) is 17.2 Å². The topological polar surface area (TPSA) is 66.8 Å². The van der Waals surface area contributed by atoms with Crippen LogP contribution in [0.1, 0.15) is 42.3 Å². The normalized spacial score (nSPS) is 10.7. The molecule has 0 saturated carbocycles. The first-order chi connectivity index (χ1) is 12.4.